The van der Waals surface area contributed by atoms with E-state index in [-0.39, 0.29) is 12.5 Å². The zero-order valence-electron chi connectivity index (χ0n) is 19.7. The lowest BCUT2D eigenvalue weighted by molar-refractivity contribution is -0.137. The van der Waals surface area contributed by atoms with Crippen LogP contribution in [-0.2, 0) is 11.3 Å². The van der Waals surface area contributed by atoms with Gasteiger partial charge in [-0.05, 0) is 48.9 Å². The molecule has 1 unspecified atom stereocenters. The van der Waals surface area contributed by atoms with Crippen molar-refractivity contribution < 1.29 is 9.90 Å². The van der Waals surface area contributed by atoms with Crippen molar-refractivity contribution >= 4 is 23.4 Å². The molecule has 2 aromatic heterocycles. The highest BCUT2D eigenvalue weighted by Gasteiger charge is 2.21. The fourth-order valence-electron chi connectivity index (χ4n) is 4.07. The van der Waals surface area contributed by atoms with Crippen molar-refractivity contribution in [1.29, 1.82) is 0 Å². The summed E-state index contributed by atoms with van der Waals surface area (Å²) in [5.41, 5.74) is 9.26. The van der Waals surface area contributed by atoms with E-state index in [0.717, 1.165) is 60.9 Å². The zero-order chi connectivity index (χ0) is 24.5. The molecule has 0 saturated carbocycles. The van der Waals surface area contributed by atoms with Crippen LogP contribution in [0.1, 0.15) is 18.4 Å². The molecular formula is C25H32N8O2. The quantitative estimate of drug-likeness (QED) is 0.262. The molecule has 3 aromatic rings. The van der Waals surface area contributed by atoms with E-state index in [1.165, 1.54) is 0 Å². The first-order valence-corrected chi connectivity index (χ1v) is 11.9. The Kier molecular flexibility index (Phi) is 8.55. The van der Waals surface area contributed by atoms with Crippen molar-refractivity contribution in [2.75, 3.05) is 43.4 Å². The maximum absolute atomic E-state index is 11.0. The van der Waals surface area contributed by atoms with Crippen LogP contribution in [0, 0.1) is 0 Å². The number of hydrogen-bond donors (Lipinski definition) is 5. The molecule has 0 radical (unpaired) electrons. The van der Waals surface area contributed by atoms with Crippen molar-refractivity contribution in [3.8, 4) is 11.3 Å². The SMILES string of the molecule is NCCCNc1ccc(-c2ccnc(Nc3cccc(CN4CCNC(CC(=O)O)C4)c3)n2)cn1. The lowest BCUT2D eigenvalue weighted by atomic mass is 10.1. The molecule has 1 fully saturated rings. The van der Waals surface area contributed by atoms with Crippen LogP contribution in [0.25, 0.3) is 11.3 Å². The number of aliphatic carboxylic acids is 1. The number of carboxylic acid groups (broad SMARTS) is 1. The lowest BCUT2D eigenvalue weighted by Gasteiger charge is -2.33. The zero-order valence-corrected chi connectivity index (χ0v) is 19.7. The molecule has 10 nitrogen and oxygen atoms in total. The summed E-state index contributed by atoms with van der Waals surface area (Å²) in [6, 6.07) is 13.9. The second kappa shape index (κ2) is 12.2. The summed E-state index contributed by atoms with van der Waals surface area (Å²) >= 11 is 0. The second-order valence-electron chi connectivity index (χ2n) is 8.58. The third kappa shape index (κ3) is 7.44. The summed E-state index contributed by atoms with van der Waals surface area (Å²) in [6.07, 6.45) is 4.55. The van der Waals surface area contributed by atoms with Crippen molar-refractivity contribution in [3.63, 3.8) is 0 Å². The summed E-state index contributed by atoms with van der Waals surface area (Å²) < 4.78 is 0. The molecule has 1 saturated heterocycles. The van der Waals surface area contributed by atoms with Crippen LogP contribution in [0.5, 0.6) is 0 Å². The van der Waals surface area contributed by atoms with E-state index in [4.69, 9.17) is 10.8 Å². The molecule has 6 N–H and O–H groups in total. The van der Waals surface area contributed by atoms with Crippen molar-refractivity contribution in [3.05, 3.63) is 60.4 Å². The van der Waals surface area contributed by atoms with E-state index < -0.39 is 5.97 Å². The van der Waals surface area contributed by atoms with Gasteiger partial charge in [0.15, 0.2) is 0 Å². The molecule has 3 heterocycles. The van der Waals surface area contributed by atoms with Gasteiger partial charge in [-0.3, -0.25) is 9.69 Å². The topological polar surface area (TPSA) is 141 Å². The maximum atomic E-state index is 11.0. The first kappa shape index (κ1) is 24.5. The smallest absolute Gasteiger partial charge is 0.304 e. The molecule has 0 aliphatic carbocycles. The second-order valence-corrected chi connectivity index (χ2v) is 8.58. The Bertz CT molecular complexity index is 1110. The van der Waals surface area contributed by atoms with Crippen LogP contribution < -0.4 is 21.7 Å². The van der Waals surface area contributed by atoms with Gasteiger partial charge in [-0.15, -0.1) is 0 Å². The van der Waals surface area contributed by atoms with Gasteiger partial charge in [0.05, 0.1) is 12.1 Å². The van der Waals surface area contributed by atoms with Gasteiger partial charge in [-0.2, -0.15) is 0 Å². The number of carboxylic acids is 1. The van der Waals surface area contributed by atoms with Gasteiger partial charge in [0.25, 0.3) is 0 Å². The van der Waals surface area contributed by atoms with Crippen LogP contribution in [-0.4, -0.2) is 69.7 Å². The van der Waals surface area contributed by atoms with Gasteiger partial charge in [0, 0.05) is 62.4 Å². The molecule has 1 aliphatic rings. The summed E-state index contributed by atoms with van der Waals surface area (Å²) in [6.45, 7) is 4.58. The molecule has 1 aromatic carbocycles. The summed E-state index contributed by atoms with van der Waals surface area (Å²) in [7, 11) is 0. The third-order valence-corrected chi connectivity index (χ3v) is 5.75. The Morgan fingerprint density at radius 3 is 2.94 bits per heavy atom. The number of rotatable bonds is 11. The average Bonchev–Trinajstić information content (AvgIpc) is 2.85. The Balaban J connectivity index is 1.38. The van der Waals surface area contributed by atoms with Gasteiger partial charge < -0.3 is 26.8 Å². The number of hydrogen-bond acceptors (Lipinski definition) is 9. The minimum Gasteiger partial charge on any atom is -0.481 e. The Labute approximate surface area is 205 Å². The molecule has 10 heteroatoms. The number of nitrogens with zero attached hydrogens (tertiary/aromatic N) is 4. The molecule has 184 valence electrons. The Hall–Kier alpha value is -3.60. The lowest BCUT2D eigenvalue weighted by Crippen LogP contribution is -2.50. The monoisotopic (exact) mass is 476 g/mol. The number of pyridine rings is 1. The van der Waals surface area contributed by atoms with E-state index in [2.05, 4.69) is 47.9 Å². The minimum atomic E-state index is -0.774. The van der Waals surface area contributed by atoms with Crippen LogP contribution >= 0.6 is 0 Å². The molecule has 35 heavy (non-hydrogen) atoms. The van der Waals surface area contributed by atoms with Gasteiger partial charge >= 0.3 is 5.97 Å². The molecule has 4 rings (SSSR count). The largest absolute Gasteiger partial charge is 0.481 e. The van der Waals surface area contributed by atoms with E-state index in [9.17, 15) is 4.79 Å². The number of nitrogens with two attached hydrogens (primary N) is 1. The average molecular weight is 477 g/mol. The fraction of sp³-hybridized carbons (Fsp3) is 0.360. The van der Waals surface area contributed by atoms with Crippen LogP contribution in [0.3, 0.4) is 0 Å². The molecule has 0 amide bonds. The van der Waals surface area contributed by atoms with Gasteiger partial charge in [-0.25, -0.2) is 15.0 Å². The van der Waals surface area contributed by atoms with E-state index in [1.54, 1.807) is 12.4 Å². The number of anilines is 3. The molecule has 0 bridgehead atoms. The van der Waals surface area contributed by atoms with Crippen LogP contribution in [0.15, 0.2) is 54.9 Å². The predicted octanol–water partition coefficient (Wildman–Crippen LogP) is 2.29. The van der Waals surface area contributed by atoms with Crippen molar-refractivity contribution in [1.82, 2.24) is 25.2 Å². The number of benzene rings is 1. The first-order chi connectivity index (χ1) is 17.1. The highest BCUT2D eigenvalue weighted by atomic mass is 16.4. The van der Waals surface area contributed by atoms with E-state index in [0.29, 0.717) is 19.0 Å². The van der Waals surface area contributed by atoms with Crippen LogP contribution in [0.2, 0.25) is 0 Å². The molecule has 1 aliphatic heterocycles. The van der Waals surface area contributed by atoms with Gasteiger partial charge in [0.2, 0.25) is 5.95 Å². The Morgan fingerprint density at radius 2 is 2.14 bits per heavy atom. The van der Waals surface area contributed by atoms with Gasteiger partial charge in [0.1, 0.15) is 5.82 Å². The van der Waals surface area contributed by atoms with Crippen molar-refractivity contribution in [2.24, 2.45) is 5.73 Å². The third-order valence-electron chi connectivity index (χ3n) is 5.75. The summed E-state index contributed by atoms with van der Waals surface area (Å²) in [4.78, 5) is 26.8. The predicted molar refractivity (Wildman–Crippen MR) is 136 cm³/mol. The molecule has 0 spiro atoms. The normalized spacial score (nSPS) is 16.1. The number of nitrogens with one attached hydrogen (secondary N) is 3. The number of piperazine rings is 1. The highest BCUT2D eigenvalue weighted by molar-refractivity contribution is 5.67. The summed E-state index contributed by atoms with van der Waals surface area (Å²) in [5, 5.41) is 18.9. The fourth-order valence-corrected chi connectivity index (χ4v) is 4.07. The molecular weight excluding hydrogens is 444 g/mol. The minimum absolute atomic E-state index is 0.0241. The number of aromatic nitrogens is 3. The number of carbonyl (C=O) groups is 1. The first-order valence-electron chi connectivity index (χ1n) is 11.9. The highest BCUT2D eigenvalue weighted by Crippen LogP contribution is 2.21. The molecule has 1 atom stereocenters. The standard InChI is InChI=1S/C25H32N8O2/c26-8-2-9-28-23-6-5-19(15-30-23)22-7-10-29-25(32-22)31-20-4-1-3-18(13-20)16-33-12-11-27-21(17-33)14-24(34)35/h1,3-7,10,13,15,21,27H,2,8-9,11-12,14,16-17,26H2,(H,28,30)(H,34,35)(H,29,31,32). The van der Waals surface area contributed by atoms with E-state index >= 15 is 0 Å². The van der Waals surface area contributed by atoms with Crippen molar-refractivity contribution in [2.45, 2.75) is 25.4 Å². The van der Waals surface area contributed by atoms with Crippen LogP contribution in [0.4, 0.5) is 17.5 Å². The summed E-state index contributed by atoms with van der Waals surface area (Å²) in [5.74, 6) is 0.544. The maximum Gasteiger partial charge on any atom is 0.304 e. The Morgan fingerprint density at radius 1 is 1.23 bits per heavy atom. The van der Waals surface area contributed by atoms with Gasteiger partial charge in [-0.1, -0.05) is 12.1 Å². The van der Waals surface area contributed by atoms with E-state index in [1.807, 2.05) is 30.3 Å².